The molecule has 0 aromatic heterocycles. The van der Waals surface area contributed by atoms with Crippen LogP contribution in [0.4, 0.5) is 0 Å². The summed E-state index contributed by atoms with van der Waals surface area (Å²) in [6.45, 7) is 6.26. The Kier molecular flexibility index (Phi) is 9.08. The van der Waals surface area contributed by atoms with E-state index in [1.807, 2.05) is 13.0 Å². The van der Waals surface area contributed by atoms with E-state index in [0.717, 1.165) is 19.3 Å². The van der Waals surface area contributed by atoms with Gasteiger partial charge in [-0.2, -0.15) is 5.26 Å². The zero-order chi connectivity index (χ0) is 22.7. The van der Waals surface area contributed by atoms with Crippen LogP contribution in [0.5, 0.6) is 17.2 Å². The summed E-state index contributed by atoms with van der Waals surface area (Å²) in [6, 6.07) is 14.9. The molecule has 0 aliphatic carbocycles. The number of benzene rings is 2. The van der Waals surface area contributed by atoms with Crippen molar-refractivity contribution in [3.05, 3.63) is 54.1 Å². The van der Waals surface area contributed by atoms with E-state index in [4.69, 9.17) is 14.2 Å². The van der Waals surface area contributed by atoms with Gasteiger partial charge in [-0.25, -0.2) is 9.59 Å². The van der Waals surface area contributed by atoms with Gasteiger partial charge in [0.1, 0.15) is 17.2 Å². The van der Waals surface area contributed by atoms with Gasteiger partial charge in [-0.15, -0.1) is 0 Å². The highest BCUT2D eigenvalue weighted by Gasteiger charge is 2.34. The second-order valence-electron chi connectivity index (χ2n) is 7.52. The molecule has 0 saturated carbocycles. The molecule has 0 aliphatic rings. The van der Waals surface area contributed by atoms with Gasteiger partial charge in [0, 0.05) is 0 Å². The zero-order valence-corrected chi connectivity index (χ0v) is 18.3. The van der Waals surface area contributed by atoms with E-state index in [1.165, 1.54) is 24.3 Å². The van der Waals surface area contributed by atoms with Crippen molar-refractivity contribution in [2.75, 3.05) is 6.61 Å². The molecule has 2 aromatic rings. The van der Waals surface area contributed by atoms with Crippen molar-refractivity contribution < 1.29 is 23.8 Å². The molecule has 1 unspecified atom stereocenters. The monoisotopic (exact) mass is 423 g/mol. The van der Waals surface area contributed by atoms with Crippen LogP contribution < -0.4 is 14.2 Å². The van der Waals surface area contributed by atoms with E-state index in [1.54, 1.807) is 31.2 Å². The van der Waals surface area contributed by atoms with Crippen molar-refractivity contribution in [3.8, 4) is 23.3 Å². The summed E-state index contributed by atoms with van der Waals surface area (Å²) >= 11 is 0. The Morgan fingerprint density at radius 3 is 2.00 bits per heavy atom. The van der Waals surface area contributed by atoms with E-state index in [-0.39, 0.29) is 5.75 Å². The summed E-state index contributed by atoms with van der Waals surface area (Å²) in [6.07, 6.45) is 4.37. The lowest BCUT2D eigenvalue weighted by Gasteiger charge is -2.18. The minimum atomic E-state index is -1.19. The third kappa shape index (κ3) is 7.14. The summed E-state index contributed by atoms with van der Waals surface area (Å²) in [5.74, 6) is 0.223. The van der Waals surface area contributed by atoms with E-state index in [9.17, 15) is 14.9 Å². The van der Waals surface area contributed by atoms with Crippen LogP contribution in [0.25, 0.3) is 0 Å². The molecule has 0 fully saturated rings. The summed E-state index contributed by atoms with van der Waals surface area (Å²) in [4.78, 5) is 24.6. The fourth-order valence-electron chi connectivity index (χ4n) is 2.89. The van der Waals surface area contributed by atoms with Crippen LogP contribution in [0, 0.1) is 16.7 Å². The second-order valence-corrected chi connectivity index (χ2v) is 7.52. The minimum Gasteiger partial charge on any atom is -0.494 e. The minimum absolute atomic E-state index is 0.284. The van der Waals surface area contributed by atoms with E-state index < -0.39 is 17.4 Å². The number of nitriles is 1. The first-order chi connectivity index (χ1) is 14.9. The van der Waals surface area contributed by atoms with Gasteiger partial charge in [0.05, 0.1) is 18.2 Å². The number of unbranched alkanes of at least 4 members (excludes halogenated alkanes) is 2. The summed E-state index contributed by atoms with van der Waals surface area (Å²) in [7, 11) is 0. The summed E-state index contributed by atoms with van der Waals surface area (Å²) in [5.41, 5.74) is -0.785. The van der Waals surface area contributed by atoms with Gasteiger partial charge in [-0.1, -0.05) is 33.1 Å². The molecule has 0 N–H and O–H groups in total. The van der Waals surface area contributed by atoms with Crippen molar-refractivity contribution in [1.82, 2.24) is 0 Å². The van der Waals surface area contributed by atoms with E-state index in [2.05, 4.69) is 6.92 Å². The van der Waals surface area contributed by atoms with Crippen molar-refractivity contribution in [1.29, 1.82) is 5.26 Å². The van der Waals surface area contributed by atoms with Gasteiger partial charge in [-0.05, 0) is 68.3 Å². The summed E-state index contributed by atoms with van der Waals surface area (Å²) < 4.78 is 16.3. The molecule has 0 aliphatic heterocycles. The molecule has 2 rings (SSSR count). The highest BCUT2D eigenvalue weighted by molar-refractivity contribution is 5.91. The first-order valence-corrected chi connectivity index (χ1v) is 10.6. The molecule has 6 nitrogen and oxygen atoms in total. The Bertz CT molecular complexity index is 899. The van der Waals surface area contributed by atoms with Gasteiger partial charge in [0.25, 0.3) is 0 Å². The number of carbonyl (C=O) groups excluding carboxylic acids is 2. The molecule has 0 amide bonds. The number of esters is 2. The molecule has 31 heavy (non-hydrogen) atoms. The average Bonchev–Trinajstić information content (AvgIpc) is 2.78. The van der Waals surface area contributed by atoms with Gasteiger partial charge < -0.3 is 14.2 Å². The van der Waals surface area contributed by atoms with Crippen molar-refractivity contribution >= 4 is 11.9 Å². The molecule has 164 valence electrons. The van der Waals surface area contributed by atoms with E-state index in [0.29, 0.717) is 36.5 Å². The van der Waals surface area contributed by atoms with Crippen molar-refractivity contribution in [3.63, 3.8) is 0 Å². The van der Waals surface area contributed by atoms with Crippen molar-refractivity contribution in [2.24, 2.45) is 5.41 Å². The first-order valence-electron chi connectivity index (χ1n) is 10.6. The smallest absolute Gasteiger partial charge is 0.343 e. The second kappa shape index (κ2) is 11.8. The van der Waals surface area contributed by atoms with Crippen LogP contribution in [-0.4, -0.2) is 18.5 Å². The highest BCUT2D eigenvalue weighted by Crippen LogP contribution is 2.26. The Hall–Kier alpha value is -3.33. The SMILES string of the molecule is CCCCCOc1ccc(C(=O)Oc2ccc(OC(=O)C(C)(C#N)CCC)cc2)cc1. The number of rotatable bonds is 11. The van der Waals surface area contributed by atoms with Crippen LogP contribution >= 0.6 is 0 Å². The largest absolute Gasteiger partial charge is 0.494 e. The molecular formula is C25H29NO5. The maximum absolute atomic E-state index is 12.3. The topological polar surface area (TPSA) is 85.6 Å². The predicted molar refractivity (Wildman–Crippen MR) is 117 cm³/mol. The average molecular weight is 424 g/mol. The zero-order valence-electron chi connectivity index (χ0n) is 18.3. The lowest BCUT2D eigenvalue weighted by molar-refractivity contribution is -0.142. The van der Waals surface area contributed by atoms with Crippen LogP contribution in [0.1, 0.15) is 63.2 Å². The molecule has 0 spiro atoms. The number of ether oxygens (including phenoxy) is 3. The van der Waals surface area contributed by atoms with Gasteiger partial charge in [0.2, 0.25) is 0 Å². The molecule has 2 aromatic carbocycles. The molecular weight excluding hydrogens is 394 g/mol. The van der Waals surface area contributed by atoms with E-state index >= 15 is 0 Å². The Labute approximate surface area is 183 Å². The number of hydrogen-bond acceptors (Lipinski definition) is 6. The Morgan fingerprint density at radius 2 is 1.45 bits per heavy atom. The third-order valence-electron chi connectivity index (χ3n) is 4.80. The van der Waals surface area contributed by atoms with Crippen LogP contribution in [0.2, 0.25) is 0 Å². The van der Waals surface area contributed by atoms with Crippen molar-refractivity contribution in [2.45, 2.75) is 52.9 Å². The molecule has 0 bridgehead atoms. The number of carbonyl (C=O) groups is 2. The molecule has 0 radical (unpaired) electrons. The quantitative estimate of drug-likeness (QED) is 0.261. The molecule has 0 saturated heterocycles. The van der Waals surface area contributed by atoms with Crippen LogP contribution in [0.15, 0.2) is 48.5 Å². The molecule has 6 heteroatoms. The maximum atomic E-state index is 12.3. The lowest BCUT2D eigenvalue weighted by Crippen LogP contribution is -2.30. The fourth-order valence-corrected chi connectivity index (χ4v) is 2.89. The standard InChI is InChI=1S/C25H29NO5/c1-4-6-7-17-29-20-10-8-19(9-11-20)23(27)30-21-12-14-22(15-13-21)31-24(28)25(3,18-26)16-5-2/h8-15H,4-7,16-17H2,1-3H3. The highest BCUT2D eigenvalue weighted by atomic mass is 16.5. The third-order valence-corrected chi connectivity index (χ3v) is 4.80. The Morgan fingerprint density at radius 1 is 0.871 bits per heavy atom. The molecule has 1 atom stereocenters. The van der Waals surface area contributed by atoms with Gasteiger partial charge >= 0.3 is 11.9 Å². The number of hydrogen-bond donors (Lipinski definition) is 0. The Balaban J connectivity index is 1.91. The fraction of sp³-hybridized carbons (Fsp3) is 0.400. The van der Waals surface area contributed by atoms with Gasteiger partial charge in [0.15, 0.2) is 5.41 Å². The first kappa shape index (κ1) is 23.9. The molecule has 0 heterocycles. The van der Waals surface area contributed by atoms with Crippen LogP contribution in [-0.2, 0) is 4.79 Å². The van der Waals surface area contributed by atoms with Crippen LogP contribution in [0.3, 0.4) is 0 Å². The summed E-state index contributed by atoms with van der Waals surface area (Å²) in [5, 5.41) is 9.28. The normalized spacial score (nSPS) is 12.3. The maximum Gasteiger partial charge on any atom is 0.343 e. The van der Waals surface area contributed by atoms with Gasteiger partial charge in [-0.3, -0.25) is 0 Å². The lowest BCUT2D eigenvalue weighted by atomic mass is 9.87. The predicted octanol–water partition coefficient (Wildman–Crippen LogP) is 5.71. The number of nitrogens with zero attached hydrogens (tertiary/aromatic N) is 1.